The van der Waals surface area contributed by atoms with Gasteiger partial charge in [-0.1, -0.05) is 41.4 Å². The minimum Gasteiger partial charge on any atom is -0.373 e. The molecular weight excluding hydrogens is 412 g/mol. The molecule has 1 saturated heterocycles. The molecule has 0 aliphatic carbocycles. The first-order chi connectivity index (χ1) is 13.7. The normalized spacial score (nSPS) is 20.4. The van der Waals surface area contributed by atoms with Crippen molar-refractivity contribution in [1.82, 2.24) is 9.62 Å². The number of aryl methyl sites for hydroxylation is 1. The van der Waals surface area contributed by atoms with Gasteiger partial charge in [0.05, 0.1) is 17.2 Å². The lowest BCUT2D eigenvalue weighted by Crippen LogP contribution is -2.48. The van der Waals surface area contributed by atoms with E-state index in [2.05, 4.69) is 5.32 Å². The fourth-order valence-corrected chi connectivity index (χ4v) is 5.39. The lowest BCUT2D eigenvalue weighted by atomic mass is 10.1. The SMILES string of the molecule is Cc1ccc(CNC(=O)c2ccc(Cl)c(S(=O)(=O)N3C[C@@H](C)O[C@@H](C)C3)c2)cc1. The summed E-state index contributed by atoms with van der Waals surface area (Å²) in [5, 5.41) is 2.91. The van der Waals surface area contributed by atoms with Crippen molar-refractivity contribution >= 4 is 27.5 Å². The number of sulfonamides is 1. The molecule has 8 heteroatoms. The molecule has 1 N–H and O–H groups in total. The molecule has 0 unspecified atom stereocenters. The van der Waals surface area contributed by atoms with Crippen molar-refractivity contribution in [1.29, 1.82) is 0 Å². The van der Waals surface area contributed by atoms with E-state index in [0.29, 0.717) is 6.54 Å². The predicted molar refractivity (Wildman–Crippen MR) is 113 cm³/mol. The lowest BCUT2D eigenvalue weighted by molar-refractivity contribution is -0.0440. The molecule has 2 atom stereocenters. The predicted octanol–water partition coefficient (Wildman–Crippen LogP) is 3.38. The molecule has 0 spiro atoms. The number of ether oxygens (including phenoxy) is 1. The lowest BCUT2D eigenvalue weighted by Gasteiger charge is -2.34. The molecule has 0 aromatic heterocycles. The topological polar surface area (TPSA) is 75.7 Å². The zero-order chi connectivity index (χ0) is 21.2. The number of carbonyl (C=O) groups is 1. The van der Waals surface area contributed by atoms with Crippen molar-refractivity contribution in [2.45, 2.75) is 44.4 Å². The van der Waals surface area contributed by atoms with Crippen LogP contribution < -0.4 is 5.32 Å². The van der Waals surface area contributed by atoms with Crippen LogP contribution in [0.3, 0.4) is 0 Å². The first kappa shape index (κ1) is 21.8. The summed E-state index contributed by atoms with van der Waals surface area (Å²) >= 11 is 6.20. The van der Waals surface area contributed by atoms with Gasteiger partial charge in [-0.25, -0.2) is 8.42 Å². The van der Waals surface area contributed by atoms with Crippen molar-refractivity contribution in [2.75, 3.05) is 13.1 Å². The van der Waals surface area contributed by atoms with Gasteiger partial charge in [-0.2, -0.15) is 4.31 Å². The van der Waals surface area contributed by atoms with Crippen LogP contribution in [0, 0.1) is 6.92 Å². The molecule has 0 bridgehead atoms. The van der Waals surface area contributed by atoms with E-state index in [0.717, 1.165) is 11.1 Å². The molecule has 2 aromatic carbocycles. The Morgan fingerprint density at radius 1 is 1.14 bits per heavy atom. The number of hydrogen-bond donors (Lipinski definition) is 1. The second-order valence-electron chi connectivity index (χ2n) is 7.39. The summed E-state index contributed by atoms with van der Waals surface area (Å²) in [6.45, 7) is 6.49. The number of rotatable bonds is 5. The van der Waals surface area contributed by atoms with E-state index >= 15 is 0 Å². The first-order valence-corrected chi connectivity index (χ1v) is 11.3. The first-order valence-electron chi connectivity index (χ1n) is 9.45. The van der Waals surface area contributed by atoms with E-state index in [1.165, 1.54) is 22.5 Å². The Hall–Kier alpha value is -1.93. The van der Waals surface area contributed by atoms with E-state index in [-0.39, 0.29) is 46.7 Å². The van der Waals surface area contributed by atoms with Crippen LogP contribution in [-0.2, 0) is 21.3 Å². The van der Waals surface area contributed by atoms with Gasteiger partial charge in [0.2, 0.25) is 10.0 Å². The van der Waals surface area contributed by atoms with Crippen molar-refractivity contribution in [3.8, 4) is 0 Å². The molecule has 6 nitrogen and oxygen atoms in total. The van der Waals surface area contributed by atoms with Crippen molar-refractivity contribution in [2.24, 2.45) is 0 Å². The molecule has 1 aliphatic rings. The summed E-state index contributed by atoms with van der Waals surface area (Å²) < 4.78 is 33.3. The average molecular weight is 437 g/mol. The highest BCUT2D eigenvalue weighted by Crippen LogP contribution is 2.28. The zero-order valence-electron chi connectivity index (χ0n) is 16.7. The fourth-order valence-electron chi connectivity index (χ4n) is 3.30. The highest BCUT2D eigenvalue weighted by atomic mass is 35.5. The van der Waals surface area contributed by atoms with Crippen LogP contribution in [0.25, 0.3) is 0 Å². The molecular formula is C21H25ClN2O4S. The summed E-state index contributed by atoms with van der Waals surface area (Å²) in [6.07, 6.45) is -0.429. The average Bonchev–Trinajstić information content (AvgIpc) is 2.66. The molecule has 1 amide bonds. The molecule has 0 radical (unpaired) electrons. The molecule has 2 aromatic rings. The monoisotopic (exact) mass is 436 g/mol. The van der Waals surface area contributed by atoms with Gasteiger partial charge in [0.25, 0.3) is 5.91 Å². The quantitative estimate of drug-likeness (QED) is 0.779. The molecule has 29 heavy (non-hydrogen) atoms. The number of nitrogens with zero attached hydrogens (tertiary/aromatic N) is 1. The van der Waals surface area contributed by atoms with Gasteiger partial charge in [-0.05, 0) is 44.5 Å². The van der Waals surface area contributed by atoms with Gasteiger partial charge in [-0.3, -0.25) is 4.79 Å². The Bertz CT molecular complexity index is 982. The van der Waals surface area contributed by atoms with Crippen LogP contribution in [0.1, 0.15) is 35.3 Å². The second kappa shape index (κ2) is 8.83. The minimum absolute atomic E-state index is 0.0662. The number of hydrogen-bond acceptors (Lipinski definition) is 4. The molecule has 0 saturated carbocycles. The molecule has 1 aliphatic heterocycles. The Kier molecular flexibility index (Phi) is 6.63. The maximum atomic E-state index is 13.1. The van der Waals surface area contributed by atoms with Crippen molar-refractivity contribution in [3.63, 3.8) is 0 Å². The molecule has 156 valence electrons. The number of amides is 1. The maximum absolute atomic E-state index is 13.1. The third kappa shape index (κ3) is 5.17. The van der Waals surface area contributed by atoms with E-state index in [4.69, 9.17) is 16.3 Å². The van der Waals surface area contributed by atoms with E-state index < -0.39 is 10.0 Å². The van der Waals surface area contributed by atoms with Gasteiger partial charge in [0, 0.05) is 25.2 Å². The van der Waals surface area contributed by atoms with Crippen LogP contribution in [0.4, 0.5) is 0 Å². The smallest absolute Gasteiger partial charge is 0.251 e. The summed E-state index contributed by atoms with van der Waals surface area (Å²) in [4.78, 5) is 12.5. The van der Waals surface area contributed by atoms with Gasteiger partial charge in [0.15, 0.2) is 0 Å². The molecule has 1 fully saturated rings. The summed E-state index contributed by atoms with van der Waals surface area (Å²) in [7, 11) is -3.85. The summed E-state index contributed by atoms with van der Waals surface area (Å²) in [5.41, 5.74) is 2.34. The summed E-state index contributed by atoms with van der Waals surface area (Å²) in [6, 6.07) is 12.1. The van der Waals surface area contributed by atoms with Gasteiger partial charge in [0.1, 0.15) is 4.90 Å². The Morgan fingerprint density at radius 2 is 1.76 bits per heavy atom. The van der Waals surface area contributed by atoms with E-state index in [1.807, 2.05) is 45.0 Å². The Labute approximate surface area is 176 Å². The van der Waals surface area contributed by atoms with E-state index in [9.17, 15) is 13.2 Å². The van der Waals surface area contributed by atoms with Gasteiger partial charge in [-0.15, -0.1) is 0 Å². The van der Waals surface area contributed by atoms with E-state index in [1.54, 1.807) is 0 Å². The van der Waals surface area contributed by atoms with Crippen LogP contribution in [0.15, 0.2) is 47.4 Å². The van der Waals surface area contributed by atoms with Gasteiger partial charge >= 0.3 is 0 Å². The number of morpholine rings is 1. The standard InChI is InChI=1S/C21H25ClN2O4S/c1-14-4-6-17(7-5-14)11-23-21(25)18-8-9-19(22)20(10-18)29(26,27)24-12-15(2)28-16(3)13-24/h4-10,15-16H,11-13H2,1-3H3,(H,23,25)/t15-,16+. The Morgan fingerprint density at radius 3 is 2.38 bits per heavy atom. The fraction of sp³-hybridized carbons (Fsp3) is 0.381. The Balaban J connectivity index is 1.79. The number of halogens is 1. The zero-order valence-corrected chi connectivity index (χ0v) is 18.3. The molecule has 1 heterocycles. The number of benzene rings is 2. The van der Waals surface area contributed by atoms with Crippen LogP contribution >= 0.6 is 11.6 Å². The number of nitrogens with one attached hydrogen (secondary N) is 1. The van der Waals surface area contributed by atoms with Crippen LogP contribution in [0.2, 0.25) is 5.02 Å². The second-order valence-corrected chi connectivity index (χ2v) is 9.71. The highest BCUT2D eigenvalue weighted by Gasteiger charge is 2.33. The molecule has 3 rings (SSSR count). The van der Waals surface area contributed by atoms with Gasteiger partial charge < -0.3 is 10.1 Å². The largest absolute Gasteiger partial charge is 0.373 e. The highest BCUT2D eigenvalue weighted by molar-refractivity contribution is 7.89. The third-order valence-electron chi connectivity index (χ3n) is 4.77. The minimum atomic E-state index is -3.85. The number of carbonyl (C=O) groups excluding carboxylic acids is 1. The maximum Gasteiger partial charge on any atom is 0.251 e. The van der Waals surface area contributed by atoms with Crippen LogP contribution in [-0.4, -0.2) is 43.9 Å². The van der Waals surface area contributed by atoms with Crippen molar-refractivity contribution in [3.05, 3.63) is 64.2 Å². The summed E-state index contributed by atoms with van der Waals surface area (Å²) in [5.74, 6) is -0.359. The van der Waals surface area contributed by atoms with Crippen molar-refractivity contribution < 1.29 is 17.9 Å². The van der Waals surface area contributed by atoms with Crippen LogP contribution in [0.5, 0.6) is 0 Å². The third-order valence-corrected chi connectivity index (χ3v) is 7.08.